The van der Waals surface area contributed by atoms with E-state index in [0.717, 1.165) is 11.8 Å². The molecule has 1 amide bonds. The van der Waals surface area contributed by atoms with Gasteiger partial charge in [0.05, 0.1) is 20.2 Å². The predicted molar refractivity (Wildman–Crippen MR) is 80.7 cm³/mol. The van der Waals surface area contributed by atoms with E-state index in [-0.39, 0.29) is 31.0 Å². The standard InChI is InChI=1S/C16H28N2O3/c1-4-18(10-16(20)21-3)9-15(19)17-11(2)14-8-12-5-6-13(14)7-12/h11-14H,4-10H2,1-3H3,(H,17,19). The van der Waals surface area contributed by atoms with E-state index in [1.807, 2.05) is 6.92 Å². The Hall–Kier alpha value is -1.10. The Kier molecular flexibility index (Phi) is 5.62. The monoisotopic (exact) mass is 296 g/mol. The summed E-state index contributed by atoms with van der Waals surface area (Å²) in [6.45, 7) is 5.15. The molecule has 21 heavy (non-hydrogen) atoms. The maximum Gasteiger partial charge on any atom is 0.319 e. The van der Waals surface area contributed by atoms with Crippen molar-refractivity contribution < 1.29 is 14.3 Å². The third kappa shape index (κ3) is 4.19. The lowest BCUT2D eigenvalue weighted by molar-refractivity contribution is -0.142. The highest BCUT2D eigenvalue weighted by atomic mass is 16.5. The Morgan fingerprint density at radius 1 is 1.29 bits per heavy atom. The van der Waals surface area contributed by atoms with Crippen LogP contribution in [0.25, 0.3) is 0 Å². The Balaban J connectivity index is 1.76. The summed E-state index contributed by atoms with van der Waals surface area (Å²) in [6.07, 6.45) is 5.34. The molecule has 0 aromatic heterocycles. The molecule has 0 saturated heterocycles. The SMILES string of the molecule is CCN(CC(=O)NC(C)C1CC2CCC1C2)CC(=O)OC. The summed E-state index contributed by atoms with van der Waals surface area (Å²) in [4.78, 5) is 25.2. The number of nitrogens with zero attached hydrogens (tertiary/aromatic N) is 1. The maximum atomic E-state index is 12.2. The van der Waals surface area contributed by atoms with Crippen molar-refractivity contribution >= 4 is 11.9 Å². The van der Waals surface area contributed by atoms with Gasteiger partial charge in [0.1, 0.15) is 0 Å². The first kappa shape index (κ1) is 16.3. The quantitative estimate of drug-likeness (QED) is 0.722. The molecule has 5 heteroatoms. The first-order chi connectivity index (χ1) is 10.0. The van der Waals surface area contributed by atoms with E-state index in [1.54, 1.807) is 4.90 Å². The van der Waals surface area contributed by atoms with Gasteiger partial charge in [0, 0.05) is 6.04 Å². The Morgan fingerprint density at radius 2 is 2.05 bits per heavy atom. The Bertz CT molecular complexity index is 386. The number of esters is 1. The molecule has 2 aliphatic rings. The third-order valence-corrected chi connectivity index (χ3v) is 5.22. The van der Waals surface area contributed by atoms with Gasteiger partial charge < -0.3 is 10.1 Å². The summed E-state index contributed by atoms with van der Waals surface area (Å²) in [5, 5.41) is 3.13. The minimum absolute atomic E-state index is 0.0102. The third-order valence-electron chi connectivity index (χ3n) is 5.22. The van der Waals surface area contributed by atoms with Crippen LogP contribution in [0.5, 0.6) is 0 Å². The normalized spacial score (nSPS) is 28.7. The molecule has 120 valence electrons. The second kappa shape index (κ2) is 7.25. The van der Waals surface area contributed by atoms with E-state index in [4.69, 9.17) is 0 Å². The topological polar surface area (TPSA) is 58.6 Å². The van der Waals surface area contributed by atoms with Crippen LogP contribution >= 0.6 is 0 Å². The highest BCUT2D eigenvalue weighted by Gasteiger charge is 2.42. The number of carbonyl (C=O) groups is 2. The van der Waals surface area contributed by atoms with Crippen LogP contribution in [0.15, 0.2) is 0 Å². The van der Waals surface area contributed by atoms with Gasteiger partial charge in [-0.1, -0.05) is 13.3 Å². The number of methoxy groups -OCH3 is 1. The average molecular weight is 296 g/mol. The molecule has 2 rings (SSSR count). The fraction of sp³-hybridized carbons (Fsp3) is 0.875. The fourth-order valence-corrected chi connectivity index (χ4v) is 4.04. The minimum Gasteiger partial charge on any atom is -0.468 e. The number of rotatable bonds is 7. The number of amides is 1. The number of hydrogen-bond donors (Lipinski definition) is 1. The van der Waals surface area contributed by atoms with Crippen LogP contribution in [-0.4, -0.2) is 49.6 Å². The van der Waals surface area contributed by atoms with Gasteiger partial charge in [-0.25, -0.2) is 0 Å². The first-order valence-corrected chi connectivity index (χ1v) is 8.12. The van der Waals surface area contributed by atoms with Gasteiger partial charge >= 0.3 is 5.97 Å². The number of carbonyl (C=O) groups excluding carboxylic acids is 2. The molecule has 5 nitrogen and oxygen atoms in total. The number of hydrogen-bond acceptors (Lipinski definition) is 4. The van der Waals surface area contributed by atoms with Gasteiger partial charge in [0.2, 0.25) is 5.91 Å². The van der Waals surface area contributed by atoms with Gasteiger partial charge in [0.25, 0.3) is 0 Å². The molecule has 0 spiro atoms. The summed E-state index contributed by atoms with van der Waals surface area (Å²) in [5.41, 5.74) is 0. The van der Waals surface area contributed by atoms with E-state index < -0.39 is 0 Å². The lowest BCUT2D eigenvalue weighted by Gasteiger charge is -2.29. The van der Waals surface area contributed by atoms with Gasteiger partial charge in [-0.15, -0.1) is 0 Å². The molecule has 0 radical (unpaired) electrons. The van der Waals surface area contributed by atoms with Crippen molar-refractivity contribution in [2.24, 2.45) is 17.8 Å². The molecule has 0 aliphatic heterocycles. The van der Waals surface area contributed by atoms with Crippen LogP contribution in [0, 0.1) is 17.8 Å². The van der Waals surface area contributed by atoms with Crippen molar-refractivity contribution in [1.82, 2.24) is 10.2 Å². The summed E-state index contributed by atoms with van der Waals surface area (Å²) in [6, 6.07) is 0.240. The van der Waals surface area contributed by atoms with E-state index in [0.29, 0.717) is 12.5 Å². The Morgan fingerprint density at radius 3 is 2.57 bits per heavy atom. The average Bonchev–Trinajstić information content (AvgIpc) is 3.08. The van der Waals surface area contributed by atoms with Gasteiger partial charge in [-0.3, -0.25) is 14.5 Å². The zero-order chi connectivity index (χ0) is 15.4. The highest BCUT2D eigenvalue weighted by Crippen LogP contribution is 2.49. The van der Waals surface area contributed by atoms with Crippen molar-refractivity contribution in [3.05, 3.63) is 0 Å². The predicted octanol–water partition coefficient (Wildman–Crippen LogP) is 1.42. The first-order valence-electron chi connectivity index (χ1n) is 8.12. The zero-order valence-corrected chi connectivity index (χ0v) is 13.4. The molecule has 0 aromatic rings. The van der Waals surface area contributed by atoms with Gasteiger partial charge in [0.15, 0.2) is 0 Å². The second-order valence-electron chi connectivity index (χ2n) is 6.57. The maximum absolute atomic E-state index is 12.2. The minimum atomic E-state index is -0.300. The molecule has 4 unspecified atom stereocenters. The van der Waals surface area contributed by atoms with Crippen molar-refractivity contribution in [3.63, 3.8) is 0 Å². The molecular formula is C16H28N2O3. The molecule has 0 aromatic carbocycles. The van der Waals surface area contributed by atoms with Gasteiger partial charge in [-0.05, 0) is 50.5 Å². The number of fused-ring (bicyclic) bond motifs is 2. The summed E-state index contributed by atoms with van der Waals surface area (Å²) in [5.74, 6) is 2.05. The molecule has 4 atom stereocenters. The van der Waals surface area contributed by atoms with E-state index in [1.165, 1.54) is 32.8 Å². The van der Waals surface area contributed by atoms with E-state index in [9.17, 15) is 9.59 Å². The van der Waals surface area contributed by atoms with Crippen molar-refractivity contribution in [2.75, 3.05) is 26.7 Å². The zero-order valence-electron chi connectivity index (χ0n) is 13.4. The molecule has 2 bridgehead atoms. The summed E-state index contributed by atoms with van der Waals surface area (Å²) in [7, 11) is 1.37. The van der Waals surface area contributed by atoms with Crippen LogP contribution in [0.4, 0.5) is 0 Å². The van der Waals surface area contributed by atoms with Crippen LogP contribution in [-0.2, 0) is 14.3 Å². The fourth-order valence-electron chi connectivity index (χ4n) is 4.04. The lowest BCUT2D eigenvalue weighted by Crippen LogP contribution is -2.46. The Labute approximate surface area is 127 Å². The number of nitrogens with one attached hydrogen (secondary N) is 1. The highest BCUT2D eigenvalue weighted by molar-refractivity contribution is 5.79. The number of likely N-dealkylation sites (N-methyl/N-ethyl adjacent to an activating group) is 1. The molecule has 2 fully saturated rings. The van der Waals surface area contributed by atoms with Crippen molar-refractivity contribution in [3.8, 4) is 0 Å². The second-order valence-corrected chi connectivity index (χ2v) is 6.57. The summed E-state index contributed by atoms with van der Waals surface area (Å²) >= 11 is 0. The van der Waals surface area contributed by atoms with E-state index in [2.05, 4.69) is 17.0 Å². The van der Waals surface area contributed by atoms with Crippen LogP contribution < -0.4 is 5.32 Å². The van der Waals surface area contributed by atoms with Crippen LogP contribution in [0.3, 0.4) is 0 Å². The molecule has 2 aliphatic carbocycles. The van der Waals surface area contributed by atoms with E-state index >= 15 is 0 Å². The smallest absolute Gasteiger partial charge is 0.319 e. The largest absolute Gasteiger partial charge is 0.468 e. The molecule has 1 N–H and O–H groups in total. The summed E-state index contributed by atoms with van der Waals surface area (Å²) < 4.78 is 4.65. The van der Waals surface area contributed by atoms with Crippen molar-refractivity contribution in [1.29, 1.82) is 0 Å². The van der Waals surface area contributed by atoms with Crippen molar-refractivity contribution in [2.45, 2.75) is 45.6 Å². The molecule has 2 saturated carbocycles. The molecular weight excluding hydrogens is 268 g/mol. The van der Waals surface area contributed by atoms with Crippen LogP contribution in [0.1, 0.15) is 39.5 Å². The van der Waals surface area contributed by atoms with Crippen LogP contribution in [0.2, 0.25) is 0 Å². The number of ether oxygens (including phenoxy) is 1. The lowest BCUT2D eigenvalue weighted by atomic mass is 9.84. The molecule has 0 heterocycles. The van der Waals surface area contributed by atoms with Gasteiger partial charge in [-0.2, -0.15) is 0 Å².